The molecule has 4 heteroatoms. The molecule has 0 bridgehead atoms. The minimum Gasteiger partial charge on any atom is -0.369 e. The van der Waals surface area contributed by atoms with E-state index >= 15 is 0 Å². The smallest absolute Gasteiger partial charge is 0.263 e. The van der Waals surface area contributed by atoms with E-state index in [1.165, 1.54) is 6.20 Å². The lowest BCUT2D eigenvalue weighted by Crippen LogP contribution is -2.29. The number of carbonyl (C=O) groups excluding carboxylic acids is 1. The summed E-state index contributed by atoms with van der Waals surface area (Å²) in [5.41, 5.74) is 1.05. The Bertz CT molecular complexity index is 574. The lowest BCUT2D eigenvalue weighted by atomic mass is 10.1. The average molecular weight is 295 g/mol. The van der Waals surface area contributed by atoms with E-state index in [9.17, 15) is 10.1 Å². The third-order valence-corrected chi connectivity index (χ3v) is 3.05. The molecule has 4 nitrogen and oxygen atoms in total. The van der Waals surface area contributed by atoms with Crippen molar-refractivity contribution in [2.45, 2.75) is 13.0 Å². The van der Waals surface area contributed by atoms with Gasteiger partial charge in [-0.15, -0.1) is 13.2 Å². The number of rotatable bonds is 8. The highest BCUT2D eigenvalue weighted by Gasteiger charge is 2.14. The Labute approximate surface area is 132 Å². The number of amides is 1. The van der Waals surface area contributed by atoms with E-state index in [1.807, 2.05) is 43.3 Å². The standard InChI is InChI=1S/C18H21N3O/c1-4-11-21(12-5-2)14-17(13-19)18(22)20-15(3)16-9-7-6-8-10-16/h4-10,14-15H,1-2,11-12H2,3H3,(H,20,22)/b17-14-. The average Bonchev–Trinajstić information content (AvgIpc) is 2.53. The second-order valence-electron chi connectivity index (χ2n) is 4.79. The first-order chi connectivity index (χ1) is 10.6. The summed E-state index contributed by atoms with van der Waals surface area (Å²) < 4.78 is 0. The fraction of sp³-hybridized carbons (Fsp3) is 0.222. The zero-order valence-corrected chi connectivity index (χ0v) is 12.8. The molecule has 0 aliphatic rings. The molecule has 1 N–H and O–H groups in total. The summed E-state index contributed by atoms with van der Waals surface area (Å²) in [6, 6.07) is 11.4. The van der Waals surface area contributed by atoms with Gasteiger partial charge in [-0.25, -0.2) is 0 Å². The SMILES string of the molecule is C=CCN(/C=C(/C#N)C(=O)NC(C)c1ccccc1)CC=C. The van der Waals surface area contributed by atoms with E-state index in [-0.39, 0.29) is 11.6 Å². The molecule has 0 saturated heterocycles. The van der Waals surface area contributed by atoms with E-state index in [4.69, 9.17) is 0 Å². The number of nitriles is 1. The molecule has 1 atom stereocenters. The van der Waals surface area contributed by atoms with Crippen LogP contribution in [0.3, 0.4) is 0 Å². The van der Waals surface area contributed by atoms with Gasteiger partial charge < -0.3 is 10.2 Å². The Balaban J connectivity index is 2.81. The van der Waals surface area contributed by atoms with Gasteiger partial charge in [-0.1, -0.05) is 42.5 Å². The monoisotopic (exact) mass is 295 g/mol. The largest absolute Gasteiger partial charge is 0.369 e. The molecule has 0 saturated carbocycles. The van der Waals surface area contributed by atoms with Gasteiger partial charge in [0.05, 0.1) is 6.04 Å². The van der Waals surface area contributed by atoms with Gasteiger partial charge >= 0.3 is 0 Å². The predicted octanol–water partition coefficient (Wildman–Crippen LogP) is 2.95. The molecule has 0 spiro atoms. The van der Waals surface area contributed by atoms with E-state index in [2.05, 4.69) is 18.5 Å². The van der Waals surface area contributed by atoms with Gasteiger partial charge in [0.2, 0.25) is 0 Å². The Morgan fingerprint density at radius 1 is 1.32 bits per heavy atom. The van der Waals surface area contributed by atoms with Crippen molar-refractivity contribution in [3.63, 3.8) is 0 Å². The first-order valence-corrected chi connectivity index (χ1v) is 7.06. The van der Waals surface area contributed by atoms with Gasteiger partial charge in [0.15, 0.2) is 0 Å². The zero-order chi connectivity index (χ0) is 16.4. The number of nitrogens with one attached hydrogen (secondary N) is 1. The van der Waals surface area contributed by atoms with Crippen molar-refractivity contribution in [2.75, 3.05) is 13.1 Å². The molecule has 22 heavy (non-hydrogen) atoms. The first kappa shape index (κ1) is 17.3. The summed E-state index contributed by atoms with van der Waals surface area (Å²) in [5, 5.41) is 12.0. The molecule has 1 aromatic rings. The van der Waals surface area contributed by atoms with E-state index in [1.54, 1.807) is 17.1 Å². The van der Waals surface area contributed by atoms with Crippen molar-refractivity contribution in [2.24, 2.45) is 0 Å². The molecule has 0 aliphatic heterocycles. The van der Waals surface area contributed by atoms with Crippen LogP contribution in [0, 0.1) is 11.3 Å². The topological polar surface area (TPSA) is 56.1 Å². The quantitative estimate of drug-likeness (QED) is 0.456. The van der Waals surface area contributed by atoms with Gasteiger partial charge in [0, 0.05) is 19.3 Å². The van der Waals surface area contributed by atoms with Gasteiger partial charge in [-0.2, -0.15) is 5.26 Å². The summed E-state index contributed by atoms with van der Waals surface area (Å²) in [4.78, 5) is 14.0. The minimum absolute atomic E-state index is 0.0616. The highest BCUT2D eigenvalue weighted by Crippen LogP contribution is 2.12. The van der Waals surface area contributed by atoms with Crippen LogP contribution >= 0.6 is 0 Å². The van der Waals surface area contributed by atoms with Crippen molar-refractivity contribution >= 4 is 5.91 Å². The summed E-state index contributed by atoms with van der Waals surface area (Å²) in [5.74, 6) is -0.392. The van der Waals surface area contributed by atoms with Crippen LogP contribution in [0.1, 0.15) is 18.5 Å². The maximum atomic E-state index is 12.2. The van der Waals surface area contributed by atoms with Gasteiger partial charge in [-0.3, -0.25) is 4.79 Å². The van der Waals surface area contributed by atoms with Crippen LogP contribution in [0.5, 0.6) is 0 Å². The normalized spacial score (nSPS) is 11.9. The van der Waals surface area contributed by atoms with Crippen molar-refractivity contribution in [3.05, 3.63) is 73.0 Å². The molecule has 1 amide bonds. The third-order valence-electron chi connectivity index (χ3n) is 3.05. The Kier molecular flexibility index (Phi) is 7.21. The van der Waals surface area contributed by atoms with Crippen LogP contribution in [-0.2, 0) is 4.79 Å². The number of nitrogens with zero attached hydrogens (tertiary/aromatic N) is 2. The van der Waals surface area contributed by atoms with Gasteiger partial charge in [0.25, 0.3) is 5.91 Å². The Morgan fingerprint density at radius 2 is 1.91 bits per heavy atom. The predicted molar refractivity (Wildman–Crippen MR) is 88.7 cm³/mol. The fourth-order valence-corrected chi connectivity index (χ4v) is 1.93. The van der Waals surface area contributed by atoms with Crippen LogP contribution in [0.15, 0.2) is 67.4 Å². The van der Waals surface area contributed by atoms with Crippen molar-refractivity contribution in [1.82, 2.24) is 10.2 Å². The number of carbonyl (C=O) groups is 1. The Hall–Kier alpha value is -2.80. The molecular formula is C18H21N3O. The number of hydrogen-bond acceptors (Lipinski definition) is 3. The molecule has 0 aromatic heterocycles. The molecule has 0 fully saturated rings. The van der Waals surface area contributed by atoms with E-state index in [0.717, 1.165) is 5.56 Å². The van der Waals surface area contributed by atoms with Crippen LogP contribution in [0.2, 0.25) is 0 Å². The first-order valence-electron chi connectivity index (χ1n) is 7.06. The molecule has 0 aliphatic carbocycles. The van der Waals surface area contributed by atoms with Crippen molar-refractivity contribution in [3.8, 4) is 6.07 Å². The highest BCUT2D eigenvalue weighted by molar-refractivity contribution is 5.97. The summed E-state index contributed by atoms with van der Waals surface area (Å²) in [6.07, 6.45) is 4.95. The minimum atomic E-state index is -0.392. The van der Waals surface area contributed by atoms with Crippen molar-refractivity contribution < 1.29 is 4.79 Å². The third kappa shape index (κ3) is 5.29. The summed E-state index contributed by atoms with van der Waals surface area (Å²) in [6.45, 7) is 10.3. The second kappa shape index (κ2) is 9.19. The van der Waals surface area contributed by atoms with Gasteiger partial charge in [0.1, 0.15) is 11.6 Å². The molecule has 0 heterocycles. The number of benzene rings is 1. The summed E-state index contributed by atoms with van der Waals surface area (Å²) in [7, 11) is 0. The number of hydrogen-bond donors (Lipinski definition) is 1. The molecule has 1 aromatic carbocycles. The lowest BCUT2D eigenvalue weighted by molar-refractivity contribution is -0.117. The van der Waals surface area contributed by atoms with Crippen LogP contribution in [0.25, 0.3) is 0 Å². The van der Waals surface area contributed by atoms with Crippen LogP contribution in [0.4, 0.5) is 0 Å². The summed E-state index contributed by atoms with van der Waals surface area (Å²) >= 11 is 0. The second-order valence-corrected chi connectivity index (χ2v) is 4.79. The lowest BCUT2D eigenvalue weighted by Gasteiger charge is -2.18. The van der Waals surface area contributed by atoms with Gasteiger partial charge in [-0.05, 0) is 12.5 Å². The van der Waals surface area contributed by atoms with E-state index in [0.29, 0.717) is 13.1 Å². The molecule has 114 valence electrons. The van der Waals surface area contributed by atoms with Crippen molar-refractivity contribution in [1.29, 1.82) is 5.26 Å². The molecule has 1 rings (SSSR count). The maximum absolute atomic E-state index is 12.2. The zero-order valence-electron chi connectivity index (χ0n) is 12.8. The fourth-order valence-electron chi connectivity index (χ4n) is 1.93. The van der Waals surface area contributed by atoms with Crippen LogP contribution < -0.4 is 5.32 Å². The highest BCUT2D eigenvalue weighted by atomic mass is 16.1. The van der Waals surface area contributed by atoms with E-state index < -0.39 is 5.91 Å². The Morgan fingerprint density at radius 3 is 2.41 bits per heavy atom. The van der Waals surface area contributed by atoms with Crippen LogP contribution in [-0.4, -0.2) is 23.9 Å². The molecular weight excluding hydrogens is 274 g/mol. The maximum Gasteiger partial charge on any atom is 0.263 e. The molecule has 0 radical (unpaired) electrons. The molecule has 1 unspecified atom stereocenters.